The molecule has 1 heterocycles. The highest BCUT2D eigenvalue weighted by molar-refractivity contribution is 9.10. The predicted molar refractivity (Wildman–Crippen MR) is 78.3 cm³/mol. The van der Waals surface area contributed by atoms with Crippen LogP contribution in [0.15, 0.2) is 39.7 Å². The lowest BCUT2D eigenvalue weighted by Crippen LogP contribution is -2.23. The van der Waals surface area contributed by atoms with E-state index in [1.54, 1.807) is 18.3 Å². The van der Waals surface area contributed by atoms with Gasteiger partial charge in [-0.2, -0.15) is 5.10 Å². The molecule has 2 aromatic rings. The second-order valence-corrected chi connectivity index (χ2v) is 5.81. The molecule has 6 heteroatoms. The molecule has 1 aliphatic rings. The van der Waals surface area contributed by atoms with E-state index in [0.29, 0.717) is 11.6 Å². The fourth-order valence-electron chi connectivity index (χ4n) is 1.92. The Kier molecular flexibility index (Phi) is 3.56. The van der Waals surface area contributed by atoms with Crippen molar-refractivity contribution in [3.8, 4) is 0 Å². The third-order valence-corrected chi connectivity index (χ3v) is 3.64. The third-order valence-electron chi connectivity index (χ3n) is 3.15. The van der Waals surface area contributed by atoms with Crippen molar-refractivity contribution in [3.05, 3.63) is 56.7 Å². The Labute approximate surface area is 123 Å². The number of halogens is 2. The molecule has 0 atom stereocenters. The van der Waals surface area contributed by atoms with Crippen molar-refractivity contribution in [1.82, 2.24) is 9.78 Å². The normalized spacial score (nSPS) is 14.3. The Balaban J connectivity index is 1.83. The zero-order chi connectivity index (χ0) is 14.1. The molecule has 0 amide bonds. The summed E-state index contributed by atoms with van der Waals surface area (Å²) in [4.78, 5) is 12.0. The molecule has 0 aliphatic heterocycles. The summed E-state index contributed by atoms with van der Waals surface area (Å²) in [5, 5.41) is 7.30. The highest BCUT2D eigenvalue weighted by Gasteiger charge is 2.21. The summed E-state index contributed by atoms with van der Waals surface area (Å²) in [7, 11) is 0. The van der Waals surface area contributed by atoms with Gasteiger partial charge in [-0.1, -0.05) is 15.9 Å². The monoisotopic (exact) mass is 337 g/mol. The third kappa shape index (κ3) is 3.07. The number of benzene rings is 1. The Morgan fingerprint density at radius 1 is 1.40 bits per heavy atom. The number of nitrogens with one attached hydrogen (secondary N) is 1. The van der Waals surface area contributed by atoms with Gasteiger partial charge in [-0.15, -0.1) is 0 Å². The van der Waals surface area contributed by atoms with Crippen LogP contribution in [0.3, 0.4) is 0 Å². The number of hydrogen-bond acceptors (Lipinski definition) is 3. The molecule has 1 aromatic carbocycles. The maximum atomic E-state index is 13.7. The van der Waals surface area contributed by atoms with E-state index in [4.69, 9.17) is 0 Å². The summed E-state index contributed by atoms with van der Waals surface area (Å²) in [5.74, 6) is -0.345. The van der Waals surface area contributed by atoms with E-state index in [9.17, 15) is 9.18 Å². The molecule has 1 saturated carbocycles. The molecule has 0 bridgehead atoms. The van der Waals surface area contributed by atoms with Crippen molar-refractivity contribution in [3.63, 3.8) is 0 Å². The molecule has 0 unspecified atom stereocenters. The summed E-state index contributed by atoms with van der Waals surface area (Å²) < 4.78 is 15.7. The van der Waals surface area contributed by atoms with Crippen LogP contribution in [0.2, 0.25) is 0 Å². The molecular weight excluding hydrogens is 325 g/mol. The standard InChI is InChI=1S/C14H13BrFN3O/c15-10-1-4-13(16)9(5-10)8-19-14(20)6-12(7-17-19)18-11-2-3-11/h1,4-7,11,18H,2-3,8H2. The highest BCUT2D eigenvalue weighted by Crippen LogP contribution is 2.23. The molecule has 104 valence electrons. The minimum Gasteiger partial charge on any atom is -0.381 e. The summed E-state index contributed by atoms with van der Waals surface area (Å²) in [6.45, 7) is 0.119. The molecule has 1 aliphatic carbocycles. The lowest BCUT2D eigenvalue weighted by atomic mass is 10.2. The number of anilines is 1. The van der Waals surface area contributed by atoms with E-state index in [-0.39, 0.29) is 17.9 Å². The maximum Gasteiger partial charge on any atom is 0.269 e. The van der Waals surface area contributed by atoms with E-state index in [0.717, 1.165) is 23.0 Å². The average Bonchev–Trinajstić information content (AvgIpc) is 3.21. The molecule has 1 N–H and O–H groups in total. The molecule has 0 radical (unpaired) electrons. The maximum absolute atomic E-state index is 13.7. The average molecular weight is 338 g/mol. The molecule has 1 aromatic heterocycles. The van der Waals surface area contributed by atoms with Crippen molar-refractivity contribution < 1.29 is 4.39 Å². The van der Waals surface area contributed by atoms with Crippen LogP contribution < -0.4 is 10.9 Å². The van der Waals surface area contributed by atoms with Gasteiger partial charge < -0.3 is 5.32 Å². The smallest absolute Gasteiger partial charge is 0.269 e. The summed E-state index contributed by atoms with van der Waals surface area (Å²) >= 11 is 3.29. The van der Waals surface area contributed by atoms with Crippen molar-refractivity contribution in [2.24, 2.45) is 0 Å². The Morgan fingerprint density at radius 2 is 2.20 bits per heavy atom. The first kappa shape index (κ1) is 13.3. The van der Waals surface area contributed by atoms with Crippen LogP contribution in [0.25, 0.3) is 0 Å². The zero-order valence-corrected chi connectivity index (χ0v) is 12.2. The largest absolute Gasteiger partial charge is 0.381 e. The Bertz CT molecular complexity index is 697. The summed E-state index contributed by atoms with van der Waals surface area (Å²) in [6.07, 6.45) is 3.87. The first-order chi connectivity index (χ1) is 9.61. The topological polar surface area (TPSA) is 46.9 Å². The van der Waals surface area contributed by atoms with Crippen LogP contribution in [0.1, 0.15) is 18.4 Å². The van der Waals surface area contributed by atoms with Crippen LogP contribution in [0.4, 0.5) is 10.1 Å². The number of rotatable bonds is 4. The van der Waals surface area contributed by atoms with Gasteiger partial charge in [0.25, 0.3) is 5.56 Å². The molecule has 0 saturated heterocycles. The minimum atomic E-state index is -0.345. The molecular formula is C14H13BrFN3O. The van der Waals surface area contributed by atoms with Gasteiger partial charge in [0.2, 0.25) is 0 Å². The fraction of sp³-hybridized carbons (Fsp3) is 0.286. The van der Waals surface area contributed by atoms with Gasteiger partial charge in [0.15, 0.2) is 0 Å². The van der Waals surface area contributed by atoms with Crippen LogP contribution in [0.5, 0.6) is 0 Å². The van der Waals surface area contributed by atoms with Crippen molar-refractivity contribution in [1.29, 1.82) is 0 Å². The number of aromatic nitrogens is 2. The quantitative estimate of drug-likeness (QED) is 0.933. The van der Waals surface area contributed by atoms with Crippen molar-refractivity contribution in [2.45, 2.75) is 25.4 Å². The molecule has 20 heavy (non-hydrogen) atoms. The van der Waals surface area contributed by atoms with E-state index < -0.39 is 0 Å². The molecule has 3 rings (SSSR count). The minimum absolute atomic E-state index is 0.119. The van der Waals surface area contributed by atoms with Crippen LogP contribution >= 0.6 is 15.9 Å². The highest BCUT2D eigenvalue weighted by atomic mass is 79.9. The van der Waals surface area contributed by atoms with Gasteiger partial charge in [-0.05, 0) is 31.0 Å². The van der Waals surface area contributed by atoms with Gasteiger partial charge in [-0.3, -0.25) is 4.79 Å². The van der Waals surface area contributed by atoms with Crippen molar-refractivity contribution in [2.75, 3.05) is 5.32 Å². The van der Waals surface area contributed by atoms with Gasteiger partial charge >= 0.3 is 0 Å². The second-order valence-electron chi connectivity index (χ2n) is 4.89. The Morgan fingerprint density at radius 3 is 2.90 bits per heavy atom. The van der Waals surface area contributed by atoms with Crippen LogP contribution in [-0.4, -0.2) is 15.8 Å². The number of hydrogen-bond donors (Lipinski definition) is 1. The Hall–Kier alpha value is -1.69. The van der Waals surface area contributed by atoms with Gasteiger partial charge in [0, 0.05) is 22.1 Å². The van der Waals surface area contributed by atoms with Crippen LogP contribution in [-0.2, 0) is 6.54 Å². The summed E-state index contributed by atoms with van der Waals surface area (Å²) in [5.41, 5.74) is 0.912. The SMILES string of the molecule is O=c1cc(NC2CC2)cnn1Cc1cc(Br)ccc1F. The van der Waals surface area contributed by atoms with Gasteiger partial charge in [0.1, 0.15) is 5.82 Å². The van der Waals surface area contributed by atoms with Gasteiger partial charge in [-0.25, -0.2) is 9.07 Å². The first-order valence-electron chi connectivity index (χ1n) is 6.39. The number of nitrogens with zero attached hydrogens (tertiary/aromatic N) is 2. The fourth-order valence-corrected chi connectivity index (χ4v) is 2.33. The first-order valence-corrected chi connectivity index (χ1v) is 7.19. The van der Waals surface area contributed by atoms with E-state index in [1.165, 1.54) is 16.8 Å². The lowest BCUT2D eigenvalue weighted by molar-refractivity contribution is 0.572. The van der Waals surface area contributed by atoms with E-state index in [2.05, 4.69) is 26.3 Å². The lowest BCUT2D eigenvalue weighted by Gasteiger charge is -2.08. The predicted octanol–water partition coefficient (Wildman–Crippen LogP) is 2.77. The van der Waals surface area contributed by atoms with E-state index >= 15 is 0 Å². The second kappa shape index (κ2) is 5.36. The molecule has 4 nitrogen and oxygen atoms in total. The molecule has 0 spiro atoms. The van der Waals surface area contributed by atoms with E-state index in [1.807, 2.05) is 0 Å². The van der Waals surface area contributed by atoms with Crippen molar-refractivity contribution >= 4 is 21.6 Å². The molecule has 1 fully saturated rings. The van der Waals surface area contributed by atoms with Crippen LogP contribution in [0, 0.1) is 5.82 Å². The zero-order valence-electron chi connectivity index (χ0n) is 10.6. The van der Waals surface area contributed by atoms with Gasteiger partial charge in [0.05, 0.1) is 18.4 Å². The summed E-state index contributed by atoms with van der Waals surface area (Å²) in [6, 6.07) is 6.61.